The molecule has 0 unspecified atom stereocenters. The van der Waals surface area contributed by atoms with E-state index in [9.17, 15) is 9.59 Å². The molecular formula is C26H22N4O2. The summed E-state index contributed by atoms with van der Waals surface area (Å²) in [4.78, 5) is 27.7. The lowest BCUT2D eigenvalue weighted by Gasteiger charge is -2.35. The normalized spacial score (nSPS) is 15.2. The molecule has 5 rings (SSSR count). The van der Waals surface area contributed by atoms with Crippen molar-refractivity contribution < 1.29 is 9.59 Å². The van der Waals surface area contributed by atoms with E-state index in [-0.39, 0.29) is 5.91 Å². The number of aromatic nitrogens is 2. The molecule has 6 nitrogen and oxygen atoms in total. The largest absolute Gasteiger partial charge is 0.368 e. The molecule has 1 aliphatic heterocycles. The Balaban J connectivity index is 1.61. The molecule has 0 fully saturated rings. The Morgan fingerprint density at radius 3 is 2.16 bits per heavy atom. The van der Waals surface area contributed by atoms with E-state index in [1.807, 2.05) is 84.9 Å². The maximum absolute atomic E-state index is 13.8. The molecular weight excluding hydrogens is 400 g/mol. The molecule has 1 aromatic heterocycles. The minimum Gasteiger partial charge on any atom is -0.368 e. The van der Waals surface area contributed by atoms with Crippen molar-refractivity contribution in [3.8, 4) is 16.9 Å². The van der Waals surface area contributed by atoms with Gasteiger partial charge in [0.05, 0.1) is 11.3 Å². The first kappa shape index (κ1) is 19.8. The van der Waals surface area contributed by atoms with Crippen LogP contribution in [0.2, 0.25) is 0 Å². The zero-order chi connectivity index (χ0) is 22.1. The summed E-state index contributed by atoms with van der Waals surface area (Å²) in [6, 6.07) is 26.4. The van der Waals surface area contributed by atoms with Crippen LogP contribution in [-0.2, 0) is 17.8 Å². The average molecular weight is 422 g/mol. The number of hydrogen-bond acceptors (Lipinski definition) is 3. The quantitative estimate of drug-likeness (QED) is 0.546. The predicted molar refractivity (Wildman–Crippen MR) is 122 cm³/mol. The Bertz CT molecular complexity index is 1280. The topological polar surface area (TPSA) is 81.2 Å². The van der Waals surface area contributed by atoms with Crippen molar-refractivity contribution in [2.75, 3.05) is 0 Å². The summed E-state index contributed by atoms with van der Waals surface area (Å²) in [6.45, 7) is 0.327. The molecule has 2 amide bonds. The monoisotopic (exact) mass is 422 g/mol. The van der Waals surface area contributed by atoms with Crippen molar-refractivity contribution in [2.45, 2.75) is 19.0 Å². The van der Waals surface area contributed by atoms with Crippen molar-refractivity contribution in [3.63, 3.8) is 0 Å². The Morgan fingerprint density at radius 2 is 1.47 bits per heavy atom. The van der Waals surface area contributed by atoms with E-state index in [0.717, 1.165) is 22.4 Å². The zero-order valence-electron chi connectivity index (χ0n) is 17.4. The Morgan fingerprint density at radius 1 is 0.844 bits per heavy atom. The van der Waals surface area contributed by atoms with Crippen LogP contribution in [0.3, 0.4) is 0 Å². The lowest BCUT2D eigenvalue weighted by atomic mass is 9.92. The first-order valence-corrected chi connectivity index (χ1v) is 10.5. The number of hydrogen-bond donors (Lipinski definition) is 1. The smallest absolute Gasteiger partial charge is 0.258 e. The summed E-state index contributed by atoms with van der Waals surface area (Å²) in [6.07, 6.45) is 2.14. The second-order valence-electron chi connectivity index (χ2n) is 7.86. The van der Waals surface area contributed by atoms with Gasteiger partial charge in [0.1, 0.15) is 11.7 Å². The summed E-state index contributed by atoms with van der Waals surface area (Å²) in [7, 11) is 0. The second-order valence-corrected chi connectivity index (χ2v) is 7.86. The number of primary amides is 1. The Kier molecular flexibility index (Phi) is 5.03. The van der Waals surface area contributed by atoms with Gasteiger partial charge in [0.15, 0.2) is 0 Å². The molecule has 0 saturated carbocycles. The van der Waals surface area contributed by atoms with Crippen molar-refractivity contribution in [2.24, 2.45) is 5.73 Å². The molecule has 6 heteroatoms. The number of para-hydroxylation sites is 1. The van der Waals surface area contributed by atoms with Gasteiger partial charge in [0, 0.05) is 24.7 Å². The summed E-state index contributed by atoms with van der Waals surface area (Å²) in [5.74, 6) is -0.770. The second kappa shape index (κ2) is 8.15. The lowest BCUT2D eigenvalue weighted by molar-refractivity contribution is -0.122. The van der Waals surface area contributed by atoms with E-state index in [0.29, 0.717) is 24.2 Å². The molecule has 158 valence electrons. The molecule has 0 bridgehead atoms. The van der Waals surface area contributed by atoms with E-state index in [4.69, 9.17) is 10.8 Å². The van der Waals surface area contributed by atoms with Crippen LogP contribution >= 0.6 is 0 Å². The Labute approximate surface area is 185 Å². The van der Waals surface area contributed by atoms with Gasteiger partial charge in [-0.1, -0.05) is 72.8 Å². The van der Waals surface area contributed by atoms with E-state index >= 15 is 0 Å². The SMILES string of the molecule is NC(=O)[C@@H]1Cc2ccccc2CN1C(=O)c1cn(-c2ccccc2)nc1-c1ccccc1. The fourth-order valence-electron chi connectivity index (χ4n) is 4.20. The molecule has 0 saturated heterocycles. The van der Waals surface area contributed by atoms with Gasteiger partial charge >= 0.3 is 0 Å². The third-order valence-corrected chi connectivity index (χ3v) is 5.85. The van der Waals surface area contributed by atoms with Crippen LogP contribution in [0.4, 0.5) is 0 Å². The third kappa shape index (κ3) is 3.56. The highest BCUT2D eigenvalue weighted by atomic mass is 16.2. The molecule has 2 heterocycles. The summed E-state index contributed by atoms with van der Waals surface area (Å²) < 4.78 is 1.70. The highest BCUT2D eigenvalue weighted by Gasteiger charge is 2.35. The van der Waals surface area contributed by atoms with Crippen molar-refractivity contribution >= 4 is 11.8 Å². The highest BCUT2D eigenvalue weighted by molar-refractivity contribution is 6.02. The van der Waals surface area contributed by atoms with Crippen LogP contribution in [-0.4, -0.2) is 32.5 Å². The van der Waals surface area contributed by atoms with Crippen LogP contribution < -0.4 is 5.73 Å². The number of nitrogens with zero attached hydrogens (tertiary/aromatic N) is 3. The number of carbonyl (C=O) groups is 2. The van der Waals surface area contributed by atoms with E-state index in [1.54, 1.807) is 15.8 Å². The highest BCUT2D eigenvalue weighted by Crippen LogP contribution is 2.29. The minimum atomic E-state index is -0.707. The summed E-state index contributed by atoms with van der Waals surface area (Å²) in [5, 5.41) is 4.73. The number of benzene rings is 3. The van der Waals surface area contributed by atoms with Gasteiger partial charge in [0.25, 0.3) is 5.91 Å². The molecule has 1 atom stereocenters. The number of amides is 2. The van der Waals surface area contributed by atoms with Gasteiger partial charge in [-0.2, -0.15) is 5.10 Å². The molecule has 2 N–H and O–H groups in total. The molecule has 0 radical (unpaired) electrons. The average Bonchev–Trinajstić information content (AvgIpc) is 3.29. The first-order valence-electron chi connectivity index (χ1n) is 10.5. The van der Waals surface area contributed by atoms with Gasteiger partial charge in [-0.25, -0.2) is 4.68 Å². The number of carbonyl (C=O) groups excluding carboxylic acids is 2. The van der Waals surface area contributed by atoms with Crippen LogP contribution in [0.5, 0.6) is 0 Å². The summed E-state index contributed by atoms with van der Waals surface area (Å²) in [5.41, 5.74) is 10.5. The van der Waals surface area contributed by atoms with Gasteiger partial charge in [0.2, 0.25) is 5.91 Å². The van der Waals surface area contributed by atoms with Gasteiger partial charge < -0.3 is 10.6 Å². The first-order chi connectivity index (χ1) is 15.6. The third-order valence-electron chi connectivity index (χ3n) is 5.85. The van der Waals surface area contributed by atoms with Crippen molar-refractivity contribution in [1.29, 1.82) is 0 Å². The van der Waals surface area contributed by atoms with E-state index in [2.05, 4.69) is 0 Å². The minimum absolute atomic E-state index is 0.260. The lowest BCUT2D eigenvalue weighted by Crippen LogP contribution is -2.51. The maximum Gasteiger partial charge on any atom is 0.258 e. The Hall–Kier alpha value is -4.19. The van der Waals surface area contributed by atoms with Crippen molar-refractivity contribution in [3.05, 3.63) is 108 Å². The van der Waals surface area contributed by atoms with Crippen LogP contribution in [0.15, 0.2) is 91.1 Å². The van der Waals surface area contributed by atoms with E-state index in [1.165, 1.54) is 0 Å². The summed E-state index contributed by atoms with van der Waals surface area (Å²) >= 11 is 0. The zero-order valence-corrected chi connectivity index (χ0v) is 17.4. The molecule has 0 spiro atoms. The van der Waals surface area contributed by atoms with Crippen molar-refractivity contribution in [1.82, 2.24) is 14.7 Å². The molecule has 0 aliphatic carbocycles. The number of rotatable bonds is 4. The van der Waals surface area contributed by atoms with Crippen LogP contribution in [0, 0.1) is 0 Å². The van der Waals surface area contributed by atoms with E-state index < -0.39 is 11.9 Å². The van der Waals surface area contributed by atoms with Gasteiger partial charge in [-0.05, 0) is 23.3 Å². The van der Waals surface area contributed by atoms with Crippen LogP contribution in [0.25, 0.3) is 16.9 Å². The number of nitrogens with two attached hydrogens (primary N) is 1. The predicted octanol–water partition coefficient (Wildman–Crippen LogP) is 3.59. The molecule has 1 aliphatic rings. The van der Waals surface area contributed by atoms with Gasteiger partial charge in [-0.3, -0.25) is 9.59 Å². The molecule has 3 aromatic carbocycles. The molecule has 4 aromatic rings. The fourth-order valence-corrected chi connectivity index (χ4v) is 4.20. The maximum atomic E-state index is 13.8. The van der Waals surface area contributed by atoms with Gasteiger partial charge in [-0.15, -0.1) is 0 Å². The van der Waals surface area contributed by atoms with Crippen LogP contribution in [0.1, 0.15) is 21.5 Å². The number of fused-ring (bicyclic) bond motifs is 1. The molecule has 32 heavy (non-hydrogen) atoms. The standard InChI is InChI=1S/C26H22N4O2/c27-25(31)23-15-19-11-7-8-12-20(19)16-29(23)26(32)22-17-30(21-13-5-2-6-14-21)28-24(22)18-9-3-1-4-10-18/h1-14,17,23H,15-16H2,(H2,27,31)/t23-/m0/s1. The fraction of sp³-hybridized carbons (Fsp3) is 0.115.